The molecule has 1 heterocycles. The van der Waals surface area contributed by atoms with Crippen molar-refractivity contribution in [2.75, 3.05) is 18.4 Å². The minimum atomic E-state index is 0.238. The molecule has 0 bridgehead atoms. The van der Waals surface area contributed by atoms with Crippen molar-refractivity contribution < 1.29 is 9.47 Å². The number of methoxy groups -OCH3 is 1. The SMILES string of the molecule is CCc1nnc(N/N=C\c2cccc(OC)c2OCc2ccc(Cl)cc2Cl)n1N. The molecule has 29 heavy (non-hydrogen) atoms. The number of halogens is 2. The van der Waals surface area contributed by atoms with Crippen LogP contribution < -0.4 is 20.7 Å². The summed E-state index contributed by atoms with van der Waals surface area (Å²) in [6, 6.07) is 10.7. The summed E-state index contributed by atoms with van der Waals surface area (Å²) in [6.45, 7) is 2.18. The number of hydrazone groups is 1. The molecular weight excluding hydrogens is 415 g/mol. The van der Waals surface area contributed by atoms with Crippen LogP contribution in [0.3, 0.4) is 0 Å². The van der Waals surface area contributed by atoms with Crippen molar-refractivity contribution in [3.8, 4) is 11.5 Å². The third kappa shape index (κ3) is 4.90. The zero-order valence-corrected chi connectivity index (χ0v) is 17.4. The monoisotopic (exact) mass is 434 g/mol. The predicted octanol–water partition coefficient (Wildman–Crippen LogP) is 3.89. The summed E-state index contributed by atoms with van der Waals surface area (Å²) in [5, 5.41) is 13.2. The second-order valence-electron chi connectivity index (χ2n) is 5.94. The molecule has 8 nitrogen and oxygen atoms in total. The molecule has 0 unspecified atom stereocenters. The van der Waals surface area contributed by atoms with Crippen LogP contribution in [-0.4, -0.2) is 28.2 Å². The molecule has 3 N–H and O–H groups in total. The van der Waals surface area contributed by atoms with Gasteiger partial charge in [0.25, 0.3) is 5.95 Å². The largest absolute Gasteiger partial charge is 0.493 e. The second kappa shape index (κ2) is 9.49. The van der Waals surface area contributed by atoms with E-state index < -0.39 is 0 Å². The number of hydrogen-bond donors (Lipinski definition) is 2. The zero-order valence-electron chi connectivity index (χ0n) is 15.9. The third-order valence-corrected chi connectivity index (χ3v) is 4.65. The maximum atomic E-state index is 6.23. The molecule has 0 aliphatic carbocycles. The summed E-state index contributed by atoms with van der Waals surface area (Å²) >= 11 is 12.2. The highest BCUT2D eigenvalue weighted by Crippen LogP contribution is 2.32. The summed E-state index contributed by atoms with van der Waals surface area (Å²) in [5.74, 6) is 7.96. The van der Waals surface area contributed by atoms with Crippen LogP contribution in [0.1, 0.15) is 23.9 Å². The van der Waals surface area contributed by atoms with Gasteiger partial charge in [0, 0.05) is 27.6 Å². The highest BCUT2D eigenvalue weighted by molar-refractivity contribution is 6.35. The van der Waals surface area contributed by atoms with E-state index in [1.165, 1.54) is 4.68 Å². The first-order valence-corrected chi connectivity index (χ1v) is 9.51. The number of ether oxygens (including phenoxy) is 2. The van der Waals surface area contributed by atoms with Crippen LogP contribution in [0.15, 0.2) is 41.5 Å². The molecule has 0 saturated heterocycles. The van der Waals surface area contributed by atoms with Crippen molar-refractivity contribution in [3.05, 3.63) is 63.4 Å². The van der Waals surface area contributed by atoms with Gasteiger partial charge in [-0.15, -0.1) is 10.2 Å². The molecule has 0 saturated carbocycles. The first-order valence-electron chi connectivity index (χ1n) is 8.75. The lowest BCUT2D eigenvalue weighted by molar-refractivity contribution is 0.284. The van der Waals surface area contributed by atoms with Gasteiger partial charge in [0.15, 0.2) is 17.3 Å². The quantitative estimate of drug-likeness (QED) is 0.316. The number of nitrogens with one attached hydrogen (secondary N) is 1. The van der Waals surface area contributed by atoms with Gasteiger partial charge in [0.1, 0.15) is 6.61 Å². The normalized spacial score (nSPS) is 11.0. The summed E-state index contributed by atoms with van der Waals surface area (Å²) in [6.07, 6.45) is 2.25. The van der Waals surface area contributed by atoms with Crippen molar-refractivity contribution in [2.45, 2.75) is 20.0 Å². The Kier molecular flexibility index (Phi) is 6.79. The van der Waals surface area contributed by atoms with E-state index in [-0.39, 0.29) is 6.61 Å². The van der Waals surface area contributed by atoms with E-state index in [1.807, 2.05) is 25.1 Å². The fourth-order valence-corrected chi connectivity index (χ4v) is 3.00. The first-order chi connectivity index (χ1) is 14.0. The number of para-hydroxylation sites is 1. The number of anilines is 1. The van der Waals surface area contributed by atoms with Gasteiger partial charge in [0.2, 0.25) is 0 Å². The summed E-state index contributed by atoms with van der Waals surface area (Å²) in [4.78, 5) is 0. The number of aromatic nitrogens is 3. The van der Waals surface area contributed by atoms with Gasteiger partial charge in [-0.25, -0.2) is 10.1 Å². The minimum absolute atomic E-state index is 0.238. The van der Waals surface area contributed by atoms with E-state index in [0.29, 0.717) is 45.3 Å². The van der Waals surface area contributed by atoms with Gasteiger partial charge in [0.05, 0.1) is 13.3 Å². The minimum Gasteiger partial charge on any atom is -0.493 e. The number of hydrogen-bond acceptors (Lipinski definition) is 7. The average molecular weight is 435 g/mol. The molecule has 0 aliphatic heterocycles. The molecule has 3 rings (SSSR count). The maximum Gasteiger partial charge on any atom is 0.263 e. The summed E-state index contributed by atoms with van der Waals surface area (Å²) < 4.78 is 12.8. The molecule has 1 aromatic heterocycles. The number of nitrogens with two attached hydrogens (primary N) is 1. The Morgan fingerprint density at radius 2 is 2.07 bits per heavy atom. The van der Waals surface area contributed by atoms with Gasteiger partial charge in [-0.05, 0) is 24.3 Å². The van der Waals surface area contributed by atoms with Crippen molar-refractivity contribution in [3.63, 3.8) is 0 Å². The highest BCUT2D eigenvalue weighted by Gasteiger charge is 2.12. The van der Waals surface area contributed by atoms with Crippen LogP contribution in [-0.2, 0) is 13.0 Å². The Hall–Kier alpha value is -2.97. The Bertz CT molecular complexity index is 1020. The lowest BCUT2D eigenvalue weighted by atomic mass is 10.2. The molecule has 152 valence electrons. The zero-order chi connectivity index (χ0) is 20.8. The van der Waals surface area contributed by atoms with Gasteiger partial charge in [-0.3, -0.25) is 0 Å². The number of nitrogens with zero attached hydrogens (tertiary/aromatic N) is 4. The number of nitrogen functional groups attached to an aromatic ring is 1. The van der Waals surface area contributed by atoms with Gasteiger partial charge in [-0.2, -0.15) is 5.10 Å². The van der Waals surface area contributed by atoms with Crippen LogP contribution in [0.5, 0.6) is 11.5 Å². The van der Waals surface area contributed by atoms with Gasteiger partial charge >= 0.3 is 0 Å². The topological polar surface area (TPSA) is 99.6 Å². The first kappa shape index (κ1) is 20.8. The molecule has 0 atom stereocenters. The molecule has 0 amide bonds. The molecular formula is C19H20Cl2N6O2. The smallest absolute Gasteiger partial charge is 0.263 e. The van der Waals surface area contributed by atoms with E-state index in [9.17, 15) is 0 Å². The standard InChI is InChI=1S/C19H20Cl2N6O2/c1-3-17-24-26-19(27(17)22)25-23-10-12-5-4-6-16(28-2)18(12)29-11-13-7-8-14(20)9-15(13)21/h4-10H,3,11,22H2,1-2H3,(H,25,26)/b23-10-. The second-order valence-corrected chi connectivity index (χ2v) is 6.78. The molecule has 0 fully saturated rings. The predicted molar refractivity (Wildman–Crippen MR) is 115 cm³/mol. The molecule has 3 aromatic rings. The number of aryl methyl sites for hydroxylation is 1. The third-order valence-electron chi connectivity index (χ3n) is 4.07. The fraction of sp³-hybridized carbons (Fsp3) is 0.211. The van der Waals surface area contributed by atoms with E-state index in [2.05, 4.69) is 20.7 Å². The lowest BCUT2D eigenvalue weighted by Gasteiger charge is -2.14. The van der Waals surface area contributed by atoms with Crippen molar-refractivity contribution in [2.24, 2.45) is 5.10 Å². The molecule has 2 aromatic carbocycles. The summed E-state index contributed by atoms with van der Waals surface area (Å²) in [7, 11) is 1.57. The van der Waals surface area contributed by atoms with Crippen molar-refractivity contribution >= 4 is 35.4 Å². The van der Waals surface area contributed by atoms with Crippen LogP contribution in [0.25, 0.3) is 0 Å². The van der Waals surface area contributed by atoms with Crippen LogP contribution >= 0.6 is 23.2 Å². The maximum absolute atomic E-state index is 6.23. The molecule has 0 aliphatic rings. The van der Waals surface area contributed by atoms with E-state index in [4.69, 9.17) is 38.5 Å². The summed E-state index contributed by atoms with van der Waals surface area (Å²) in [5.41, 5.74) is 4.26. The Morgan fingerprint density at radius 1 is 1.24 bits per heavy atom. The average Bonchev–Trinajstić information content (AvgIpc) is 3.07. The fourth-order valence-electron chi connectivity index (χ4n) is 2.54. The molecule has 0 radical (unpaired) electrons. The van der Waals surface area contributed by atoms with E-state index in [0.717, 1.165) is 5.56 Å². The lowest BCUT2D eigenvalue weighted by Crippen LogP contribution is -2.15. The Morgan fingerprint density at radius 3 is 2.76 bits per heavy atom. The van der Waals surface area contributed by atoms with Crippen LogP contribution in [0, 0.1) is 0 Å². The van der Waals surface area contributed by atoms with Crippen LogP contribution in [0.2, 0.25) is 10.0 Å². The van der Waals surface area contributed by atoms with Gasteiger partial charge in [-0.1, -0.05) is 42.3 Å². The highest BCUT2D eigenvalue weighted by atomic mass is 35.5. The van der Waals surface area contributed by atoms with Crippen molar-refractivity contribution in [1.29, 1.82) is 0 Å². The van der Waals surface area contributed by atoms with E-state index in [1.54, 1.807) is 31.5 Å². The van der Waals surface area contributed by atoms with E-state index >= 15 is 0 Å². The van der Waals surface area contributed by atoms with Gasteiger partial charge < -0.3 is 15.3 Å². The number of benzene rings is 2. The van der Waals surface area contributed by atoms with Crippen molar-refractivity contribution in [1.82, 2.24) is 14.9 Å². The Balaban J connectivity index is 1.79. The van der Waals surface area contributed by atoms with Crippen LogP contribution in [0.4, 0.5) is 5.95 Å². The molecule has 10 heteroatoms. The number of rotatable bonds is 8. The Labute approximate surface area is 178 Å². The molecule has 0 spiro atoms.